The first kappa shape index (κ1) is 17.8. The van der Waals surface area contributed by atoms with Gasteiger partial charge in [0.05, 0.1) is 4.90 Å². The number of halogens is 1. The highest BCUT2D eigenvalue weighted by Gasteiger charge is 2.21. The molecule has 1 aliphatic rings. The summed E-state index contributed by atoms with van der Waals surface area (Å²) >= 11 is 0. The molecule has 1 fully saturated rings. The summed E-state index contributed by atoms with van der Waals surface area (Å²) in [5.41, 5.74) is 0. The van der Waals surface area contributed by atoms with Gasteiger partial charge in [0, 0.05) is 46.2 Å². The van der Waals surface area contributed by atoms with Crippen molar-refractivity contribution in [2.24, 2.45) is 0 Å². The predicted molar refractivity (Wildman–Crippen MR) is 84.9 cm³/mol. The molecule has 0 radical (unpaired) electrons. The quantitative estimate of drug-likeness (QED) is 0.824. The van der Waals surface area contributed by atoms with E-state index in [1.807, 2.05) is 0 Å². The molecule has 1 N–H and O–H groups in total. The summed E-state index contributed by atoms with van der Waals surface area (Å²) < 4.78 is 38.7. The van der Waals surface area contributed by atoms with Crippen molar-refractivity contribution in [3.8, 4) is 0 Å². The van der Waals surface area contributed by atoms with Crippen LogP contribution in [0.3, 0.4) is 0 Å². The molecule has 1 heterocycles. The Balaban J connectivity index is 1.85. The molecule has 1 aromatic carbocycles. The Morgan fingerprint density at radius 3 is 2.48 bits per heavy atom. The van der Waals surface area contributed by atoms with Gasteiger partial charge >= 0.3 is 0 Å². The molecule has 1 aromatic rings. The third kappa shape index (κ3) is 4.73. The number of carbonyl (C=O) groups is 1. The van der Waals surface area contributed by atoms with Crippen molar-refractivity contribution < 1.29 is 17.6 Å². The van der Waals surface area contributed by atoms with Gasteiger partial charge in [-0.05, 0) is 30.7 Å². The molecule has 8 heteroatoms. The van der Waals surface area contributed by atoms with Crippen molar-refractivity contribution in [3.05, 3.63) is 30.1 Å². The number of carbonyl (C=O) groups excluding carboxylic acids is 1. The van der Waals surface area contributed by atoms with E-state index in [1.165, 1.54) is 23.5 Å². The van der Waals surface area contributed by atoms with E-state index in [1.54, 1.807) is 4.90 Å². The van der Waals surface area contributed by atoms with Crippen LogP contribution in [-0.4, -0.2) is 63.3 Å². The molecule has 2 rings (SSSR count). The lowest BCUT2D eigenvalue weighted by atomic mass is 10.2. The second-order valence-electron chi connectivity index (χ2n) is 5.51. The van der Waals surface area contributed by atoms with E-state index >= 15 is 0 Å². The Hall–Kier alpha value is -1.51. The highest BCUT2D eigenvalue weighted by molar-refractivity contribution is 7.89. The van der Waals surface area contributed by atoms with Crippen LogP contribution in [0.4, 0.5) is 4.39 Å². The van der Waals surface area contributed by atoms with Crippen LogP contribution in [0.1, 0.15) is 12.8 Å². The normalized spacial score (nSPS) is 15.9. The molecule has 0 unspecified atom stereocenters. The number of sulfonamides is 1. The highest BCUT2D eigenvalue weighted by atomic mass is 32.2. The first-order valence-corrected chi connectivity index (χ1v) is 9.05. The van der Waals surface area contributed by atoms with Crippen LogP contribution in [0.5, 0.6) is 0 Å². The maximum atomic E-state index is 12.9. The van der Waals surface area contributed by atoms with Gasteiger partial charge in [-0.15, -0.1) is 0 Å². The van der Waals surface area contributed by atoms with E-state index < -0.39 is 15.8 Å². The van der Waals surface area contributed by atoms with Gasteiger partial charge in [0.25, 0.3) is 0 Å². The summed E-state index contributed by atoms with van der Waals surface area (Å²) in [4.78, 5) is 13.9. The number of piperazine rings is 1. The van der Waals surface area contributed by atoms with Crippen LogP contribution in [0, 0.1) is 5.82 Å². The van der Waals surface area contributed by atoms with Gasteiger partial charge in [0.15, 0.2) is 0 Å². The minimum absolute atomic E-state index is 0.0508. The minimum atomic E-state index is -3.65. The predicted octanol–water partition coefficient (Wildman–Crippen LogP) is 0.658. The summed E-state index contributed by atoms with van der Waals surface area (Å²) in [5, 5.41) is 3.18. The lowest BCUT2D eigenvalue weighted by Crippen LogP contribution is -2.46. The van der Waals surface area contributed by atoms with Crippen molar-refractivity contribution in [2.75, 3.05) is 39.8 Å². The second kappa shape index (κ2) is 7.85. The second-order valence-corrected chi connectivity index (χ2v) is 7.56. The van der Waals surface area contributed by atoms with E-state index in [-0.39, 0.29) is 17.3 Å². The number of hydrogen-bond donors (Lipinski definition) is 1. The van der Waals surface area contributed by atoms with Crippen molar-refractivity contribution >= 4 is 15.9 Å². The molecule has 0 aromatic heterocycles. The first-order chi connectivity index (χ1) is 10.9. The fourth-order valence-electron chi connectivity index (χ4n) is 2.43. The highest BCUT2D eigenvalue weighted by Crippen LogP contribution is 2.15. The van der Waals surface area contributed by atoms with Crippen LogP contribution in [0.25, 0.3) is 0 Å². The van der Waals surface area contributed by atoms with Crippen LogP contribution in [0.2, 0.25) is 0 Å². The number of hydrogen-bond acceptors (Lipinski definition) is 4. The zero-order valence-electron chi connectivity index (χ0n) is 13.2. The minimum Gasteiger partial charge on any atom is -0.340 e. The van der Waals surface area contributed by atoms with Gasteiger partial charge in [-0.2, -0.15) is 0 Å². The molecule has 23 heavy (non-hydrogen) atoms. The van der Waals surface area contributed by atoms with E-state index in [4.69, 9.17) is 0 Å². The van der Waals surface area contributed by atoms with E-state index in [9.17, 15) is 17.6 Å². The lowest BCUT2D eigenvalue weighted by molar-refractivity contribution is -0.131. The molecular formula is C15H22FN3O3S. The topological polar surface area (TPSA) is 69.7 Å². The zero-order chi connectivity index (χ0) is 16.9. The molecule has 128 valence electrons. The average molecular weight is 343 g/mol. The number of amides is 1. The fourth-order valence-corrected chi connectivity index (χ4v) is 3.64. The molecule has 0 spiro atoms. The molecule has 0 aliphatic carbocycles. The molecular weight excluding hydrogens is 321 g/mol. The van der Waals surface area contributed by atoms with Crippen LogP contribution >= 0.6 is 0 Å². The largest absolute Gasteiger partial charge is 0.340 e. The lowest BCUT2D eigenvalue weighted by Gasteiger charge is -2.27. The van der Waals surface area contributed by atoms with E-state index in [0.29, 0.717) is 25.9 Å². The van der Waals surface area contributed by atoms with Gasteiger partial charge in [-0.1, -0.05) is 0 Å². The molecule has 0 saturated carbocycles. The molecule has 0 bridgehead atoms. The summed E-state index contributed by atoms with van der Waals surface area (Å²) in [7, 11) is -2.18. The Labute approximate surface area is 136 Å². The number of nitrogens with one attached hydrogen (secondary N) is 1. The third-order valence-electron chi connectivity index (χ3n) is 3.86. The maximum absolute atomic E-state index is 12.9. The molecule has 6 nitrogen and oxygen atoms in total. The molecule has 1 saturated heterocycles. The summed E-state index contributed by atoms with van der Waals surface area (Å²) in [6, 6.07) is 4.73. The molecule has 1 amide bonds. The number of nitrogens with zero attached hydrogens (tertiary/aromatic N) is 2. The third-order valence-corrected chi connectivity index (χ3v) is 5.73. The van der Waals surface area contributed by atoms with Crippen LogP contribution < -0.4 is 5.32 Å². The van der Waals surface area contributed by atoms with E-state index in [2.05, 4.69) is 5.32 Å². The number of benzene rings is 1. The zero-order valence-corrected chi connectivity index (χ0v) is 14.0. The summed E-state index contributed by atoms with van der Waals surface area (Å²) in [6.07, 6.45) is 0.781. The average Bonchev–Trinajstić information content (AvgIpc) is 2.55. The molecule has 1 aliphatic heterocycles. The van der Waals surface area contributed by atoms with E-state index in [0.717, 1.165) is 25.2 Å². The van der Waals surface area contributed by atoms with Gasteiger partial charge in [0.2, 0.25) is 15.9 Å². The van der Waals surface area contributed by atoms with Crippen LogP contribution in [0.15, 0.2) is 29.2 Å². The van der Waals surface area contributed by atoms with Crippen LogP contribution in [-0.2, 0) is 14.8 Å². The molecule has 0 atom stereocenters. The van der Waals surface area contributed by atoms with Gasteiger partial charge in [-0.3, -0.25) is 4.79 Å². The SMILES string of the molecule is CN(CCCC(=O)N1CCNCC1)S(=O)(=O)c1ccc(F)cc1. The monoisotopic (exact) mass is 343 g/mol. The first-order valence-electron chi connectivity index (χ1n) is 7.61. The summed E-state index contributed by atoms with van der Waals surface area (Å²) in [6.45, 7) is 3.23. The van der Waals surface area contributed by atoms with Crippen molar-refractivity contribution in [1.29, 1.82) is 0 Å². The van der Waals surface area contributed by atoms with Crippen molar-refractivity contribution in [1.82, 2.24) is 14.5 Å². The van der Waals surface area contributed by atoms with Crippen molar-refractivity contribution in [2.45, 2.75) is 17.7 Å². The fraction of sp³-hybridized carbons (Fsp3) is 0.533. The Bertz CT molecular complexity index is 628. The Kier molecular flexibility index (Phi) is 6.09. The van der Waals surface area contributed by atoms with Gasteiger partial charge in [-0.25, -0.2) is 17.1 Å². The van der Waals surface area contributed by atoms with Crippen molar-refractivity contribution in [3.63, 3.8) is 0 Å². The van der Waals surface area contributed by atoms with Gasteiger partial charge in [0.1, 0.15) is 5.82 Å². The maximum Gasteiger partial charge on any atom is 0.242 e. The standard InChI is InChI=1S/C15H22FN3O3S/c1-18(23(21,22)14-6-4-13(16)5-7-14)10-2-3-15(20)19-11-8-17-9-12-19/h4-7,17H,2-3,8-12H2,1H3. The Morgan fingerprint density at radius 1 is 1.26 bits per heavy atom. The summed E-state index contributed by atoms with van der Waals surface area (Å²) in [5.74, 6) is -0.424. The Morgan fingerprint density at radius 2 is 1.87 bits per heavy atom. The smallest absolute Gasteiger partial charge is 0.242 e. The van der Waals surface area contributed by atoms with Gasteiger partial charge < -0.3 is 10.2 Å². The number of rotatable bonds is 6.